The average molecular weight is 961 g/mol. The summed E-state index contributed by atoms with van der Waals surface area (Å²) >= 11 is 0. The molecule has 0 radical (unpaired) electrons. The number of likely N-dealkylation sites (N-methyl/N-ethyl adjacent to an activating group) is 1. The Bertz CT molecular complexity index is 2160. The number of nitrogens with one attached hydrogen (secondary N) is 3. The van der Waals surface area contributed by atoms with Crippen LogP contribution >= 0.6 is 0 Å². The third kappa shape index (κ3) is 24.1. The van der Waals surface area contributed by atoms with E-state index in [0.29, 0.717) is 49.3 Å². The summed E-state index contributed by atoms with van der Waals surface area (Å²) < 4.78 is 26.2. The zero-order valence-electron chi connectivity index (χ0n) is 41.0. The summed E-state index contributed by atoms with van der Waals surface area (Å²) in [4.78, 5) is 73.1. The van der Waals surface area contributed by atoms with Gasteiger partial charge >= 0.3 is 18.2 Å². The van der Waals surface area contributed by atoms with Crippen LogP contribution in [0.25, 0.3) is 0 Å². The minimum absolute atomic E-state index is 0.00533. The SMILES string of the molecule is COc1cc(CNC(=O)CCCC/C=C/C(C)C)ccc1OC(=O)NCCN(C)C(=O)C(N)CO.COc1cc(CNC(=O)CCCC/C=C/C(C)C)ccc1OC(=O)c1ccccc1OC(N)=O. The number of aliphatic hydroxyl groups is 1. The molecule has 0 fully saturated rings. The molecule has 1 unspecified atom stereocenters. The maximum atomic E-state index is 12.6. The van der Waals surface area contributed by atoms with E-state index in [1.807, 2.05) is 0 Å². The van der Waals surface area contributed by atoms with Crippen molar-refractivity contribution in [1.29, 1.82) is 0 Å². The van der Waals surface area contributed by atoms with Crippen molar-refractivity contribution in [3.8, 4) is 28.7 Å². The number of benzene rings is 3. The van der Waals surface area contributed by atoms with E-state index in [4.69, 9.17) is 40.3 Å². The highest BCUT2D eigenvalue weighted by atomic mass is 16.6. The molecule has 1 atom stereocenters. The number of primary amides is 1. The summed E-state index contributed by atoms with van der Waals surface area (Å²) in [5.74, 6) is 0.973. The fraction of sp³-hybridized carbons (Fsp3) is 0.451. The lowest BCUT2D eigenvalue weighted by Crippen LogP contribution is -2.46. The standard InChI is InChI=1S/C26H32N2O6.C25H40N4O6/c1-18(2)10-6-4-5-7-13-24(29)28-17-19-14-15-22(23(16-19)32-3)33-25(30)20-11-8-9-12-21(20)34-26(27)31;1-18(2)9-7-5-6-8-10-23(31)28-16-19-11-12-21(22(15-19)34-4)35-25(33)27-13-14-29(3)24(32)20(26)17-30/h6,8-12,14-16,18H,4-5,7,13,17H2,1-3H3,(H2,27,31)(H,28,29);7,9,11-12,15,18,20,30H,5-6,8,10,13-14,16-17,26H2,1-4H3,(H,27,33)(H,28,31)/b10-6+;9-7+. The number of esters is 1. The van der Waals surface area contributed by atoms with Crippen LogP contribution in [0.15, 0.2) is 85.0 Å². The Morgan fingerprint density at radius 1 is 0.667 bits per heavy atom. The van der Waals surface area contributed by atoms with Crippen LogP contribution in [-0.2, 0) is 27.5 Å². The maximum absolute atomic E-state index is 12.6. The molecule has 0 heterocycles. The molecule has 0 aliphatic heterocycles. The maximum Gasteiger partial charge on any atom is 0.412 e. The first-order chi connectivity index (χ1) is 33.0. The largest absolute Gasteiger partial charge is 0.493 e. The Labute approximate surface area is 406 Å². The fourth-order valence-corrected chi connectivity index (χ4v) is 6.14. The number of hydrogen-bond acceptors (Lipinski definition) is 13. The van der Waals surface area contributed by atoms with Crippen LogP contribution in [0, 0.1) is 11.8 Å². The summed E-state index contributed by atoms with van der Waals surface area (Å²) in [6, 6.07) is 15.1. The number of amides is 5. The predicted octanol–water partition coefficient (Wildman–Crippen LogP) is 6.71. The number of allylic oxidation sites excluding steroid dienone is 4. The van der Waals surface area contributed by atoms with Crippen LogP contribution in [0.4, 0.5) is 9.59 Å². The van der Waals surface area contributed by atoms with Crippen molar-refractivity contribution in [2.45, 2.75) is 98.2 Å². The summed E-state index contributed by atoms with van der Waals surface area (Å²) in [6.45, 7) is 9.09. The van der Waals surface area contributed by atoms with Gasteiger partial charge in [0.2, 0.25) is 17.7 Å². The van der Waals surface area contributed by atoms with E-state index in [1.165, 1.54) is 38.3 Å². The minimum Gasteiger partial charge on any atom is -0.493 e. The van der Waals surface area contributed by atoms with Crippen LogP contribution < -0.4 is 51.1 Å². The van der Waals surface area contributed by atoms with Gasteiger partial charge in [-0.3, -0.25) is 14.4 Å². The second kappa shape index (κ2) is 32.7. The highest BCUT2D eigenvalue weighted by molar-refractivity contribution is 5.95. The minimum atomic E-state index is -1.04. The van der Waals surface area contributed by atoms with Gasteiger partial charge in [0.05, 0.1) is 20.8 Å². The lowest BCUT2D eigenvalue weighted by atomic mass is 10.1. The highest BCUT2D eigenvalue weighted by Crippen LogP contribution is 2.31. The lowest BCUT2D eigenvalue weighted by molar-refractivity contribution is -0.132. The molecule has 0 bridgehead atoms. The van der Waals surface area contributed by atoms with Crippen molar-refractivity contribution in [1.82, 2.24) is 20.9 Å². The van der Waals surface area contributed by atoms with E-state index in [2.05, 4.69) is 67.9 Å². The average Bonchev–Trinajstić information content (AvgIpc) is 3.32. The number of hydrogen-bond donors (Lipinski definition) is 6. The van der Waals surface area contributed by atoms with Crippen LogP contribution in [0.2, 0.25) is 0 Å². The van der Waals surface area contributed by atoms with E-state index >= 15 is 0 Å². The Morgan fingerprint density at radius 3 is 1.65 bits per heavy atom. The van der Waals surface area contributed by atoms with Gasteiger partial charge in [-0.1, -0.05) is 76.3 Å². The molecule has 18 nitrogen and oxygen atoms in total. The number of carbonyl (C=O) groups excluding carboxylic acids is 6. The fourth-order valence-electron chi connectivity index (χ4n) is 6.14. The Hall–Kier alpha value is -6.92. The number of nitrogens with two attached hydrogens (primary N) is 2. The molecule has 5 amide bonds. The Morgan fingerprint density at radius 2 is 1.17 bits per heavy atom. The third-order valence-corrected chi connectivity index (χ3v) is 9.86. The lowest BCUT2D eigenvalue weighted by Gasteiger charge is -2.20. The second-order valence-electron chi connectivity index (χ2n) is 16.5. The summed E-state index contributed by atoms with van der Waals surface area (Å²) in [7, 11) is 4.44. The van der Waals surface area contributed by atoms with Gasteiger partial charge in [0.1, 0.15) is 17.4 Å². The highest BCUT2D eigenvalue weighted by Gasteiger charge is 2.20. The number of ether oxygens (including phenoxy) is 5. The molecule has 378 valence electrons. The van der Waals surface area contributed by atoms with Crippen LogP contribution in [-0.4, -0.2) is 92.9 Å². The molecule has 3 aromatic rings. The van der Waals surface area contributed by atoms with Crippen molar-refractivity contribution >= 4 is 35.9 Å². The van der Waals surface area contributed by atoms with Gasteiger partial charge in [0.15, 0.2) is 23.0 Å². The molecule has 18 heteroatoms. The van der Waals surface area contributed by atoms with E-state index in [9.17, 15) is 28.8 Å². The number of methoxy groups -OCH3 is 2. The number of aliphatic hydroxyl groups excluding tert-OH is 1. The topological polar surface area (TPSA) is 260 Å². The molecule has 0 saturated heterocycles. The van der Waals surface area contributed by atoms with E-state index < -0.39 is 36.7 Å². The molecular weight excluding hydrogens is 889 g/mol. The molecule has 8 N–H and O–H groups in total. The van der Waals surface area contributed by atoms with Gasteiger partial charge in [0.25, 0.3) is 0 Å². The third-order valence-electron chi connectivity index (χ3n) is 9.86. The molecule has 0 aliphatic carbocycles. The van der Waals surface area contributed by atoms with Gasteiger partial charge in [-0.25, -0.2) is 14.4 Å². The van der Waals surface area contributed by atoms with Crippen molar-refractivity contribution in [2.24, 2.45) is 23.3 Å². The van der Waals surface area contributed by atoms with Gasteiger partial charge < -0.3 is 61.1 Å². The van der Waals surface area contributed by atoms with Gasteiger partial charge in [0, 0.05) is 46.1 Å². The first kappa shape index (κ1) is 58.2. The monoisotopic (exact) mass is 961 g/mol. The second-order valence-corrected chi connectivity index (χ2v) is 16.5. The normalized spacial score (nSPS) is 11.3. The van der Waals surface area contributed by atoms with Gasteiger partial charge in [-0.15, -0.1) is 0 Å². The van der Waals surface area contributed by atoms with Gasteiger partial charge in [-0.05, 0) is 97.9 Å². The molecule has 3 aromatic carbocycles. The Kier molecular flexibility index (Phi) is 27.6. The first-order valence-electron chi connectivity index (χ1n) is 23.0. The van der Waals surface area contributed by atoms with E-state index in [1.54, 1.807) is 48.5 Å². The molecule has 69 heavy (non-hydrogen) atoms. The zero-order valence-corrected chi connectivity index (χ0v) is 41.0. The molecule has 0 aromatic heterocycles. The molecule has 0 spiro atoms. The van der Waals surface area contributed by atoms with Crippen LogP contribution in [0.5, 0.6) is 28.7 Å². The molecule has 0 aliphatic rings. The number of rotatable bonds is 27. The zero-order chi connectivity index (χ0) is 51.1. The van der Waals surface area contributed by atoms with Crippen molar-refractivity contribution < 1.29 is 57.6 Å². The Balaban J connectivity index is 0.000000474. The van der Waals surface area contributed by atoms with Crippen molar-refractivity contribution in [3.05, 3.63) is 102 Å². The number of unbranched alkanes of at least 4 members (excludes halogenated alkanes) is 4. The summed E-state index contributed by atoms with van der Waals surface area (Å²) in [6.07, 6.45) is 13.4. The first-order valence-corrected chi connectivity index (χ1v) is 23.0. The van der Waals surface area contributed by atoms with Gasteiger partial charge in [-0.2, -0.15) is 0 Å². The number of nitrogens with zero attached hydrogens (tertiary/aromatic N) is 1. The van der Waals surface area contributed by atoms with Crippen LogP contribution in [0.3, 0.4) is 0 Å². The molecule has 3 rings (SSSR count). The predicted molar refractivity (Wildman–Crippen MR) is 263 cm³/mol. The summed E-state index contributed by atoms with van der Waals surface area (Å²) in [5, 5.41) is 17.3. The van der Waals surface area contributed by atoms with E-state index in [0.717, 1.165) is 49.7 Å². The quantitative estimate of drug-likeness (QED) is 0.0201. The molecule has 0 saturated carbocycles. The van der Waals surface area contributed by atoms with Crippen molar-refractivity contribution in [2.75, 3.05) is 41.0 Å². The van der Waals surface area contributed by atoms with E-state index in [-0.39, 0.29) is 47.7 Å². The van der Waals surface area contributed by atoms with Crippen molar-refractivity contribution in [3.63, 3.8) is 0 Å². The number of para-hydroxylation sites is 1. The smallest absolute Gasteiger partial charge is 0.412 e. The van der Waals surface area contributed by atoms with Crippen LogP contribution in [0.1, 0.15) is 101 Å². The molecular formula is C51H72N6O12. The number of carbonyl (C=O) groups is 6. The summed E-state index contributed by atoms with van der Waals surface area (Å²) in [5.41, 5.74) is 12.2.